The number of ether oxygens (including phenoxy) is 1. The van der Waals surface area contributed by atoms with Crippen LogP contribution in [0.25, 0.3) is 0 Å². The van der Waals surface area contributed by atoms with Gasteiger partial charge in [0.05, 0.1) is 9.95 Å². The molecule has 0 aromatic heterocycles. The Morgan fingerprint density at radius 1 is 1.30 bits per heavy atom. The number of nitro benzene ring substituents is 1. The molecule has 0 bridgehead atoms. The summed E-state index contributed by atoms with van der Waals surface area (Å²) in [6.45, 7) is 3.46. The standard InChI is InChI=1S/C16H15ClN2O4/c1-10-5-3-4-6-14(10)18-16(20)11(2)23-15-8-7-12(19(21)22)9-13(15)17/h3-9,11H,1-2H3,(H,18,20)/t11-/m0/s1. The van der Waals surface area contributed by atoms with Crippen LogP contribution in [0.2, 0.25) is 5.02 Å². The first-order valence-electron chi connectivity index (χ1n) is 6.85. The summed E-state index contributed by atoms with van der Waals surface area (Å²) in [7, 11) is 0. The molecule has 120 valence electrons. The van der Waals surface area contributed by atoms with Crippen molar-refractivity contribution in [3.05, 3.63) is 63.2 Å². The van der Waals surface area contributed by atoms with Crippen molar-refractivity contribution in [1.82, 2.24) is 0 Å². The van der Waals surface area contributed by atoms with E-state index in [1.54, 1.807) is 13.0 Å². The van der Waals surface area contributed by atoms with E-state index < -0.39 is 11.0 Å². The van der Waals surface area contributed by atoms with E-state index in [0.717, 1.165) is 5.56 Å². The molecule has 23 heavy (non-hydrogen) atoms. The number of anilines is 1. The van der Waals surface area contributed by atoms with Crippen molar-refractivity contribution < 1.29 is 14.5 Å². The lowest BCUT2D eigenvalue weighted by molar-refractivity contribution is -0.384. The van der Waals surface area contributed by atoms with Gasteiger partial charge in [0.2, 0.25) is 0 Å². The van der Waals surface area contributed by atoms with Crippen LogP contribution in [0.5, 0.6) is 5.75 Å². The van der Waals surface area contributed by atoms with E-state index in [-0.39, 0.29) is 22.4 Å². The van der Waals surface area contributed by atoms with Crippen molar-refractivity contribution in [2.45, 2.75) is 20.0 Å². The molecule has 0 saturated heterocycles. The van der Waals surface area contributed by atoms with Crippen molar-refractivity contribution in [2.75, 3.05) is 5.32 Å². The third kappa shape index (κ3) is 4.20. The third-order valence-electron chi connectivity index (χ3n) is 3.20. The van der Waals surface area contributed by atoms with E-state index in [9.17, 15) is 14.9 Å². The molecule has 1 atom stereocenters. The predicted molar refractivity (Wildman–Crippen MR) is 88.0 cm³/mol. The summed E-state index contributed by atoms with van der Waals surface area (Å²) in [6.07, 6.45) is -0.812. The zero-order valence-electron chi connectivity index (χ0n) is 12.6. The van der Waals surface area contributed by atoms with Gasteiger partial charge in [-0.25, -0.2) is 0 Å². The fourth-order valence-electron chi connectivity index (χ4n) is 1.89. The largest absolute Gasteiger partial charge is 0.479 e. The number of nitro groups is 1. The number of hydrogen-bond acceptors (Lipinski definition) is 4. The average Bonchev–Trinajstić information content (AvgIpc) is 2.51. The first-order chi connectivity index (χ1) is 10.9. The molecule has 0 aliphatic heterocycles. The van der Waals surface area contributed by atoms with E-state index in [0.29, 0.717) is 5.69 Å². The highest BCUT2D eigenvalue weighted by Gasteiger charge is 2.18. The number of aryl methyl sites for hydroxylation is 1. The van der Waals surface area contributed by atoms with E-state index in [2.05, 4.69) is 5.32 Å². The van der Waals surface area contributed by atoms with Crippen LogP contribution in [-0.2, 0) is 4.79 Å². The van der Waals surface area contributed by atoms with Crippen LogP contribution in [0.1, 0.15) is 12.5 Å². The van der Waals surface area contributed by atoms with Gasteiger partial charge in [-0.3, -0.25) is 14.9 Å². The second-order valence-electron chi connectivity index (χ2n) is 4.94. The summed E-state index contributed by atoms with van der Waals surface area (Å²) < 4.78 is 5.49. The molecule has 2 aromatic rings. The Bertz CT molecular complexity index is 749. The maximum absolute atomic E-state index is 12.2. The van der Waals surface area contributed by atoms with Crippen molar-refractivity contribution in [3.63, 3.8) is 0 Å². The maximum atomic E-state index is 12.2. The van der Waals surface area contributed by atoms with Gasteiger partial charge in [0.25, 0.3) is 11.6 Å². The molecule has 0 heterocycles. The lowest BCUT2D eigenvalue weighted by Gasteiger charge is -2.16. The Balaban J connectivity index is 2.07. The summed E-state index contributed by atoms with van der Waals surface area (Å²) >= 11 is 5.95. The molecular weight excluding hydrogens is 320 g/mol. The fourth-order valence-corrected chi connectivity index (χ4v) is 2.11. The number of non-ortho nitro benzene ring substituents is 1. The van der Waals surface area contributed by atoms with Crippen molar-refractivity contribution >= 4 is 28.9 Å². The molecule has 6 nitrogen and oxygen atoms in total. The molecule has 0 unspecified atom stereocenters. The lowest BCUT2D eigenvalue weighted by Crippen LogP contribution is -2.30. The van der Waals surface area contributed by atoms with Crippen LogP contribution in [0.3, 0.4) is 0 Å². The number of amides is 1. The Kier molecular flexibility index (Phi) is 5.18. The van der Waals surface area contributed by atoms with E-state index >= 15 is 0 Å². The summed E-state index contributed by atoms with van der Waals surface area (Å²) in [6, 6.07) is 11.2. The molecule has 0 saturated carbocycles. The minimum Gasteiger partial charge on any atom is -0.479 e. The predicted octanol–water partition coefficient (Wildman–Crippen LogP) is 3.96. The molecule has 0 aliphatic carbocycles. The van der Waals surface area contributed by atoms with Crippen molar-refractivity contribution in [3.8, 4) is 5.75 Å². The molecule has 0 aliphatic rings. The number of hydrogen-bond donors (Lipinski definition) is 1. The zero-order chi connectivity index (χ0) is 17.0. The number of nitrogens with one attached hydrogen (secondary N) is 1. The van der Waals surface area contributed by atoms with E-state index in [4.69, 9.17) is 16.3 Å². The molecule has 2 aromatic carbocycles. The van der Waals surface area contributed by atoms with Crippen LogP contribution in [-0.4, -0.2) is 16.9 Å². The first kappa shape index (κ1) is 16.8. The third-order valence-corrected chi connectivity index (χ3v) is 3.50. The van der Waals surface area contributed by atoms with Crippen molar-refractivity contribution in [2.24, 2.45) is 0 Å². The summed E-state index contributed by atoms with van der Waals surface area (Å²) in [5.41, 5.74) is 1.49. The maximum Gasteiger partial charge on any atom is 0.271 e. The average molecular weight is 335 g/mol. The van der Waals surface area contributed by atoms with Crippen LogP contribution < -0.4 is 10.1 Å². The smallest absolute Gasteiger partial charge is 0.271 e. The van der Waals surface area contributed by atoms with E-state index in [1.165, 1.54) is 18.2 Å². The SMILES string of the molecule is Cc1ccccc1NC(=O)[C@H](C)Oc1ccc([N+](=O)[O-])cc1Cl. The fraction of sp³-hybridized carbons (Fsp3) is 0.188. The van der Waals surface area contributed by atoms with Gasteiger partial charge in [0, 0.05) is 17.8 Å². The quantitative estimate of drug-likeness (QED) is 0.662. The molecule has 0 spiro atoms. The number of halogens is 1. The summed E-state index contributed by atoms with van der Waals surface area (Å²) in [5, 5.41) is 13.5. The highest BCUT2D eigenvalue weighted by molar-refractivity contribution is 6.32. The Morgan fingerprint density at radius 2 is 2.00 bits per heavy atom. The van der Waals surface area contributed by atoms with Gasteiger partial charge < -0.3 is 10.1 Å². The lowest BCUT2D eigenvalue weighted by atomic mass is 10.2. The second kappa shape index (κ2) is 7.11. The second-order valence-corrected chi connectivity index (χ2v) is 5.34. The zero-order valence-corrected chi connectivity index (χ0v) is 13.3. The number of carbonyl (C=O) groups is 1. The van der Waals surface area contributed by atoms with Gasteiger partial charge in [0.15, 0.2) is 6.10 Å². The van der Waals surface area contributed by atoms with Crippen LogP contribution >= 0.6 is 11.6 Å². The highest BCUT2D eigenvalue weighted by Crippen LogP contribution is 2.29. The number of carbonyl (C=O) groups excluding carboxylic acids is 1. The highest BCUT2D eigenvalue weighted by atomic mass is 35.5. The summed E-state index contributed by atoms with van der Waals surface area (Å²) in [5.74, 6) is -0.126. The first-order valence-corrected chi connectivity index (χ1v) is 7.23. The van der Waals surface area contributed by atoms with Crippen LogP contribution in [0.4, 0.5) is 11.4 Å². The topological polar surface area (TPSA) is 81.5 Å². The van der Waals surface area contributed by atoms with Gasteiger partial charge in [0.1, 0.15) is 5.75 Å². The van der Waals surface area contributed by atoms with Gasteiger partial charge in [-0.2, -0.15) is 0 Å². The molecule has 0 fully saturated rings. The van der Waals surface area contributed by atoms with Gasteiger partial charge >= 0.3 is 0 Å². The van der Waals surface area contributed by atoms with Gasteiger partial charge in [-0.1, -0.05) is 29.8 Å². The summed E-state index contributed by atoms with van der Waals surface area (Å²) in [4.78, 5) is 22.3. The van der Waals surface area contributed by atoms with Gasteiger partial charge in [-0.05, 0) is 31.5 Å². The Morgan fingerprint density at radius 3 is 2.61 bits per heavy atom. The molecular formula is C16H15ClN2O4. The number of rotatable bonds is 5. The van der Waals surface area contributed by atoms with Crippen LogP contribution in [0, 0.1) is 17.0 Å². The number of nitrogens with zero attached hydrogens (tertiary/aromatic N) is 1. The normalized spacial score (nSPS) is 11.6. The number of para-hydroxylation sites is 1. The molecule has 1 amide bonds. The Labute approximate surface area is 138 Å². The molecule has 2 rings (SSSR count). The molecule has 1 N–H and O–H groups in total. The van der Waals surface area contributed by atoms with Crippen LogP contribution in [0.15, 0.2) is 42.5 Å². The monoisotopic (exact) mass is 334 g/mol. The molecule has 7 heteroatoms. The van der Waals surface area contributed by atoms with Gasteiger partial charge in [-0.15, -0.1) is 0 Å². The minimum atomic E-state index is -0.812. The Hall–Kier alpha value is -2.60. The molecule has 0 radical (unpaired) electrons. The number of benzene rings is 2. The van der Waals surface area contributed by atoms with Crippen molar-refractivity contribution in [1.29, 1.82) is 0 Å². The minimum absolute atomic E-state index is 0.0785. The van der Waals surface area contributed by atoms with E-state index in [1.807, 2.05) is 25.1 Å².